The van der Waals surface area contributed by atoms with Crippen LogP contribution < -0.4 is 16.0 Å². The lowest BCUT2D eigenvalue weighted by atomic mass is 9.92. The standard InChI is InChI=1S/C26H32FN3O5/c1-14-9-16(7-8-18(14)15(2)12-29-25(33)35-26(3,4)5)22(24(32)34-6)30-21-11-19-17(10-20(21)27)13-28-23(19)31/h7-11,15,22,30H,12-13H2,1-6H3,(H,28,31)(H,29,33)/t15-,22?/m0/s1. The summed E-state index contributed by atoms with van der Waals surface area (Å²) in [5, 5.41) is 8.32. The van der Waals surface area contributed by atoms with Gasteiger partial charge in [-0.25, -0.2) is 14.0 Å². The van der Waals surface area contributed by atoms with E-state index < -0.39 is 29.5 Å². The summed E-state index contributed by atoms with van der Waals surface area (Å²) in [6.45, 7) is 9.91. The number of benzene rings is 2. The van der Waals surface area contributed by atoms with Crippen molar-refractivity contribution in [2.45, 2.75) is 58.7 Å². The summed E-state index contributed by atoms with van der Waals surface area (Å²) in [6, 6.07) is 7.17. The molecule has 35 heavy (non-hydrogen) atoms. The molecule has 0 spiro atoms. The lowest BCUT2D eigenvalue weighted by molar-refractivity contribution is -0.141. The monoisotopic (exact) mass is 485 g/mol. The number of anilines is 1. The lowest BCUT2D eigenvalue weighted by Crippen LogP contribution is -2.34. The summed E-state index contributed by atoms with van der Waals surface area (Å²) in [5.74, 6) is -1.47. The first-order chi connectivity index (χ1) is 16.4. The van der Waals surface area contributed by atoms with Crippen LogP contribution in [0.3, 0.4) is 0 Å². The summed E-state index contributed by atoms with van der Waals surface area (Å²) < 4.78 is 24.9. The second-order valence-corrected chi connectivity index (χ2v) is 9.67. The largest absolute Gasteiger partial charge is 0.467 e. The normalized spacial score (nSPS) is 14.4. The van der Waals surface area contributed by atoms with Gasteiger partial charge in [-0.15, -0.1) is 0 Å². The van der Waals surface area contributed by atoms with Crippen molar-refractivity contribution in [1.29, 1.82) is 0 Å². The maximum absolute atomic E-state index is 14.7. The van der Waals surface area contributed by atoms with Gasteiger partial charge in [-0.05, 0) is 68.0 Å². The quantitative estimate of drug-likeness (QED) is 0.504. The van der Waals surface area contributed by atoms with E-state index in [1.54, 1.807) is 26.8 Å². The van der Waals surface area contributed by atoms with Gasteiger partial charge in [0.05, 0.1) is 12.8 Å². The Kier molecular flexibility index (Phi) is 7.67. The number of aryl methyl sites for hydroxylation is 1. The van der Waals surface area contributed by atoms with Crippen LogP contribution in [0.4, 0.5) is 14.9 Å². The van der Waals surface area contributed by atoms with Crippen LogP contribution in [-0.2, 0) is 20.8 Å². The molecule has 0 saturated heterocycles. The smallest absolute Gasteiger partial charge is 0.407 e. The Morgan fingerprint density at radius 2 is 1.91 bits per heavy atom. The SMILES string of the molecule is COC(=O)C(Nc1cc2c(cc1F)CNC2=O)c1ccc([C@@H](C)CNC(=O)OC(C)(C)C)c(C)c1. The Balaban J connectivity index is 1.79. The molecular formula is C26H32FN3O5. The maximum Gasteiger partial charge on any atom is 0.407 e. The molecule has 1 heterocycles. The number of fused-ring (bicyclic) bond motifs is 1. The van der Waals surface area contributed by atoms with Crippen LogP contribution in [-0.4, -0.2) is 37.2 Å². The molecule has 2 aromatic carbocycles. The molecule has 2 aromatic rings. The van der Waals surface area contributed by atoms with Crippen LogP contribution in [0.2, 0.25) is 0 Å². The van der Waals surface area contributed by atoms with Crippen molar-refractivity contribution in [2.75, 3.05) is 19.0 Å². The van der Waals surface area contributed by atoms with Gasteiger partial charge in [-0.1, -0.05) is 25.1 Å². The summed E-state index contributed by atoms with van der Waals surface area (Å²) in [5.41, 5.74) is 2.85. The molecule has 3 N–H and O–H groups in total. The molecule has 0 aromatic heterocycles. The molecule has 2 amide bonds. The summed E-state index contributed by atoms with van der Waals surface area (Å²) in [4.78, 5) is 36.6. The molecule has 0 saturated carbocycles. The number of hydrogen-bond donors (Lipinski definition) is 3. The van der Waals surface area contributed by atoms with Crippen LogP contribution >= 0.6 is 0 Å². The Bertz CT molecular complexity index is 1140. The number of ether oxygens (including phenoxy) is 2. The Morgan fingerprint density at radius 1 is 1.20 bits per heavy atom. The molecule has 0 bridgehead atoms. The average Bonchev–Trinajstić information content (AvgIpc) is 3.13. The highest BCUT2D eigenvalue weighted by atomic mass is 19.1. The van der Waals surface area contributed by atoms with Crippen molar-refractivity contribution in [1.82, 2.24) is 10.6 Å². The van der Waals surface area contributed by atoms with E-state index in [9.17, 15) is 18.8 Å². The highest BCUT2D eigenvalue weighted by Crippen LogP contribution is 2.30. The molecule has 0 fully saturated rings. The molecular weight excluding hydrogens is 453 g/mol. The van der Waals surface area contributed by atoms with Crippen LogP contribution in [0.5, 0.6) is 0 Å². The number of carbonyl (C=O) groups excluding carboxylic acids is 3. The lowest BCUT2D eigenvalue weighted by Gasteiger charge is -2.23. The number of methoxy groups -OCH3 is 1. The van der Waals surface area contributed by atoms with E-state index >= 15 is 0 Å². The minimum Gasteiger partial charge on any atom is -0.467 e. The predicted octanol–water partition coefficient (Wildman–Crippen LogP) is 4.33. The van der Waals surface area contributed by atoms with Gasteiger partial charge in [0, 0.05) is 18.7 Å². The number of amides is 2. The van der Waals surface area contributed by atoms with Gasteiger partial charge in [0.25, 0.3) is 5.91 Å². The van der Waals surface area contributed by atoms with Gasteiger partial charge < -0.3 is 25.4 Å². The summed E-state index contributed by atoms with van der Waals surface area (Å²) in [6.07, 6.45) is -0.487. The number of alkyl carbamates (subject to hydrolysis) is 1. The number of rotatable bonds is 7. The van der Waals surface area contributed by atoms with E-state index in [1.807, 2.05) is 26.0 Å². The van der Waals surface area contributed by atoms with Crippen LogP contribution in [0.15, 0.2) is 30.3 Å². The van der Waals surface area contributed by atoms with Gasteiger partial charge in [-0.2, -0.15) is 0 Å². The van der Waals surface area contributed by atoms with Crippen molar-refractivity contribution in [3.63, 3.8) is 0 Å². The number of hydrogen-bond acceptors (Lipinski definition) is 6. The van der Waals surface area contributed by atoms with Crippen molar-refractivity contribution in [2.24, 2.45) is 0 Å². The highest BCUT2D eigenvalue weighted by molar-refractivity contribution is 5.99. The van der Waals surface area contributed by atoms with Gasteiger partial charge in [0.2, 0.25) is 0 Å². The second-order valence-electron chi connectivity index (χ2n) is 9.67. The van der Waals surface area contributed by atoms with E-state index in [-0.39, 0.29) is 24.1 Å². The molecule has 0 aliphatic carbocycles. The number of nitrogens with one attached hydrogen (secondary N) is 3. The van der Waals surface area contributed by atoms with E-state index in [0.29, 0.717) is 23.2 Å². The molecule has 2 atom stereocenters. The maximum atomic E-state index is 14.7. The molecule has 188 valence electrons. The number of esters is 1. The van der Waals surface area contributed by atoms with E-state index in [4.69, 9.17) is 9.47 Å². The van der Waals surface area contributed by atoms with Gasteiger partial charge >= 0.3 is 12.1 Å². The van der Waals surface area contributed by atoms with E-state index in [2.05, 4.69) is 16.0 Å². The second kappa shape index (κ2) is 10.3. The highest BCUT2D eigenvalue weighted by Gasteiger charge is 2.27. The first-order valence-corrected chi connectivity index (χ1v) is 11.4. The molecule has 1 unspecified atom stereocenters. The zero-order valence-electron chi connectivity index (χ0n) is 20.9. The zero-order valence-corrected chi connectivity index (χ0v) is 20.9. The minimum absolute atomic E-state index is 0.0197. The van der Waals surface area contributed by atoms with Crippen molar-refractivity contribution >= 4 is 23.7 Å². The minimum atomic E-state index is -0.986. The molecule has 1 aliphatic rings. The Labute approximate surface area is 204 Å². The third-order valence-corrected chi connectivity index (χ3v) is 5.72. The average molecular weight is 486 g/mol. The Hall–Kier alpha value is -3.62. The van der Waals surface area contributed by atoms with Crippen LogP contribution in [0.1, 0.15) is 72.3 Å². The van der Waals surface area contributed by atoms with Gasteiger partial charge in [0.15, 0.2) is 6.04 Å². The zero-order chi connectivity index (χ0) is 25.9. The van der Waals surface area contributed by atoms with Crippen molar-refractivity contribution in [3.05, 3.63) is 64.0 Å². The Morgan fingerprint density at radius 3 is 2.54 bits per heavy atom. The molecule has 0 radical (unpaired) electrons. The number of carbonyl (C=O) groups is 3. The van der Waals surface area contributed by atoms with Crippen molar-refractivity contribution in [3.8, 4) is 0 Å². The molecule has 8 nitrogen and oxygen atoms in total. The fraction of sp³-hybridized carbons (Fsp3) is 0.423. The molecule has 3 rings (SSSR count). The fourth-order valence-corrected chi connectivity index (χ4v) is 4.00. The van der Waals surface area contributed by atoms with E-state index in [0.717, 1.165) is 11.1 Å². The summed E-state index contributed by atoms with van der Waals surface area (Å²) >= 11 is 0. The fourth-order valence-electron chi connectivity index (χ4n) is 4.00. The van der Waals surface area contributed by atoms with E-state index in [1.165, 1.54) is 19.2 Å². The summed E-state index contributed by atoms with van der Waals surface area (Å²) in [7, 11) is 1.26. The predicted molar refractivity (Wildman–Crippen MR) is 130 cm³/mol. The number of halogens is 1. The van der Waals surface area contributed by atoms with Gasteiger partial charge in [-0.3, -0.25) is 4.79 Å². The molecule has 9 heteroatoms. The third kappa shape index (κ3) is 6.29. The topological polar surface area (TPSA) is 106 Å². The first kappa shape index (κ1) is 26.0. The van der Waals surface area contributed by atoms with Crippen molar-refractivity contribution < 1.29 is 28.2 Å². The third-order valence-electron chi connectivity index (χ3n) is 5.72. The van der Waals surface area contributed by atoms with Crippen LogP contribution in [0, 0.1) is 12.7 Å². The van der Waals surface area contributed by atoms with Crippen LogP contribution in [0.25, 0.3) is 0 Å². The molecule has 1 aliphatic heterocycles. The first-order valence-electron chi connectivity index (χ1n) is 11.4. The van der Waals surface area contributed by atoms with Gasteiger partial charge in [0.1, 0.15) is 11.4 Å².